The number of nitrogens with zero attached hydrogens (tertiary/aromatic N) is 1. The quantitative estimate of drug-likeness (QED) is 0.691. The van der Waals surface area contributed by atoms with Crippen LogP contribution in [-0.2, 0) is 0 Å². The summed E-state index contributed by atoms with van der Waals surface area (Å²) in [6.45, 7) is 2.66. The molecule has 0 spiro atoms. The standard InChI is InChI=1S/C13H24BrN/c1-15(11-13(10-14)7-8-13)9-12-5-3-2-4-6-12/h12H,2-11H2,1H3. The zero-order chi connectivity index (χ0) is 10.7. The van der Waals surface area contributed by atoms with E-state index in [9.17, 15) is 0 Å². The van der Waals surface area contributed by atoms with Crippen LogP contribution in [0.25, 0.3) is 0 Å². The Morgan fingerprint density at radius 1 is 1.20 bits per heavy atom. The number of rotatable bonds is 5. The molecule has 2 saturated carbocycles. The molecule has 2 rings (SSSR count). The summed E-state index contributed by atoms with van der Waals surface area (Å²) in [7, 11) is 2.32. The first-order valence-electron chi connectivity index (χ1n) is 6.49. The minimum Gasteiger partial charge on any atom is -0.306 e. The number of alkyl halides is 1. The molecular formula is C13H24BrN. The van der Waals surface area contributed by atoms with Crippen LogP contribution >= 0.6 is 15.9 Å². The molecule has 0 aliphatic heterocycles. The maximum atomic E-state index is 3.66. The summed E-state index contributed by atoms with van der Waals surface area (Å²) in [4.78, 5) is 2.59. The first-order chi connectivity index (χ1) is 7.24. The Labute approximate surface area is 103 Å². The van der Waals surface area contributed by atoms with Crippen molar-refractivity contribution in [3.63, 3.8) is 0 Å². The van der Waals surface area contributed by atoms with Crippen molar-refractivity contribution in [3.05, 3.63) is 0 Å². The van der Waals surface area contributed by atoms with Gasteiger partial charge in [-0.15, -0.1) is 0 Å². The van der Waals surface area contributed by atoms with Crippen molar-refractivity contribution >= 4 is 15.9 Å². The van der Waals surface area contributed by atoms with Crippen molar-refractivity contribution in [3.8, 4) is 0 Å². The van der Waals surface area contributed by atoms with Gasteiger partial charge >= 0.3 is 0 Å². The zero-order valence-corrected chi connectivity index (χ0v) is 11.6. The van der Waals surface area contributed by atoms with Gasteiger partial charge in [-0.1, -0.05) is 35.2 Å². The third-order valence-corrected chi connectivity index (χ3v) is 5.33. The van der Waals surface area contributed by atoms with Gasteiger partial charge in [0.15, 0.2) is 0 Å². The van der Waals surface area contributed by atoms with E-state index >= 15 is 0 Å². The van der Waals surface area contributed by atoms with E-state index in [0.717, 1.165) is 5.92 Å². The minimum absolute atomic E-state index is 0.656. The molecule has 0 N–H and O–H groups in total. The normalized spacial score (nSPS) is 25.8. The van der Waals surface area contributed by atoms with E-state index in [1.807, 2.05) is 0 Å². The Balaban J connectivity index is 1.69. The lowest BCUT2D eigenvalue weighted by atomic mass is 9.89. The average molecular weight is 274 g/mol. The first kappa shape index (κ1) is 11.9. The molecule has 2 aliphatic carbocycles. The van der Waals surface area contributed by atoms with Gasteiger partial charge in [-0.2, -0.15) is 0 Å². The molecule has 0 bridgehead atoms. The van der Waals surface area contributed by atoms with E-state index in [-0.39, 0.29) is 0 Å². The van der Waals surface area contributed by atoms with E-state index in [2.05, 4.69) is 27.9 Å². The molecule has 15 heavy (non-hydrogen) atoms. The van der Waals surface area contributed by atoms with Gasteiger partial charge in [-0.25, -0.2) is 0 Å². The van der Waals surface area contributed by atoms with Gasteiger partial charge in [0.25, 0.3) is 0 Å². The highest BCUT2D eigenvalue weighted by Crippen LogP contribution is 2.47. The molecule has 2 heteroatoms. The lowest BCUT2D eigenvalue weighted by Gasteiger charge is -2.29. The lowest BCUT2D eigenvalue weighted by molar-refractivity contribution is 0.208. The van der Waals surface area contributed by atoms with Gasteiger partial charge in [0, 0.05) is 18.4 Å². The fourth-order valence-electron chi connectivity index (χ4n) is 2.96. The highest BCUT2D eigenvalue weighted by Gasteiger charge is 2.42. The van der Waals surface area contributed by atoms with Crippen LogP contribution in [0.3, 0.4) is 0 Å². The van der Waals surface area contributed by atoms with Crippen LogP contribution in [0.1, 0.15) is 44.9 Å². The molecule has 0 unspecified atom stereocenters. The van der Waals surface area contributed by atoms with Crippen LogP contribution < -0.4 is 0 Å². The highest BCUT2D eigenvalue weighted by molar-refractivity contribution is 9.09. The molecule has 1 nitrogen and oxygen atoms in total. The van der Waals surface area contributed by atoms with Crippen molar-refractivity contribution in [1.29, 1.82) is 0 Å². The molecule has 0 aromatic rings. The van der Waals surface area contributed by atoms with Crippen molar-refractivity contribution in [2.45, 2.75) is 44.9 Å². The number of hydrogen-bond donors (Lipinski definition) is 0. The van der Waals surface area contributed by atoms with Crippen LogP contribution in [-0.4, -0.2) is 30.4 Å². The summed E-state index contributed by atoms with van der Waals surface area (Å²) < 4.78 is 0. The largest absolute Gasteiger partial charge is 0.306 e. The average Bonchev–Trinajstić information content (AvgIpc) is 3.00. The summed E-state index contributed by atoms with van der Waals surface area (Å²) >= 11 is 3.66. The van der Waals surface area contributed by atoms with E-state index < -0.39 is 0 Å². The molecule has 0 aromatic carbocycles. The molecule has 0 saturated heterocycles. The smallest absolute Gasteiger partial charge is 0.0100 e. The Hall–Kier alpha value is 0.440. The van der Waals surface area contributed by atoms with E-state index in [4.69, 9.17) is 0 Å². The Morgan fingerprint density at radius 2 is 1.87 bits per heavy atom. The number of hydrogen-bond acceptors (Lipinski definition) is 1. The second kappa shape index (κ2) is 5.18. The van der Waals surface area contributed by atoms with Gasteiger partial charge < -0.3 is 4.90 Å². The van der Waals surface area contributed by atoms with E-state index in [0.29, 0.717) is 5.41 Å². The van der Waals surface area contributed by atoms with Gasteiger partial charge in [-0.05, 0) is 44.1 Å². The van der Waals surface area contributed by atoms with Crippen LogP contribution in [0, 0.1) is 11.3 Å². The maximum Gasteiger partial charge on any atom is 0.0100 e. The second-order valence-corrected chi connectivity index (χ2v) is 6.40. The van der Waals surface area contributed by atoms with E-state index in [1.165, 1.54) is 63.4 Å². The summed E-state index contributed by atoms with van der Waals surface area (Å²) in [5.74, 6) is 0.995. The molecule has 0 heterocycles. The predicted molar refractivity (Wildman–Crippen MR) is 69.5 cm³/mol. The molecule has 0 atom stereocenters. The first-order valence-corrected chi connectivity index (χ1v) is 7.61. The van der Waals surface area contributed by atoms with Crippen LogP contribution in [0.15, 0.2) is 0 Å². The van der Waals surface area contributed by atoms with Crippen molar-refractivity contribution < 1.29 is 0 Å². The summed E-state index contributed by atoms with van der Waals surface area (Å²) in [6, 6.07) is 0. The third kappa shape index (κ3) is 3.45. The van der Waals surface area contributed by atoms with Crippen LogP contribution in [0.5, 0.6) is 0 Å². The zero-order valence-electron chi connectivity index (χ0n) is 9.97. The molecular weight excluding hydrogens is 250 g/mol. The Bertz CT molecular complexity index is 195. The summed E-state index contributed by atoms with van der Waals surface area (Å²) in [6.07, 6.45) is 10.3. The van der Waals surface area contributed by atoms with Gasteiger partial charge in [0.2, 0.25) is 0 Å². The van der Waals surface area contributed by atoms with Crippen molar-refractivity contribution in [2.24, 2.45) is 11.3 Å². The predicted octanol–water partition coefficient (Wildman–Crippen LogP) is 3.67. The van der Waals surface area contributed by atoms with Gasteiger partial charge in [0.1, 0.15) is 0 Å². The minimum atomic E-state index is 0.656. The summed E-state index contributed by atoms with van der Waals surface area (Å²) in [5.41, 5.74) is 0.656. The fourth-order valence-corrected chi connectivity index (χ4v) is 3.70. The SMILES string of the molecule is CN(CC1CCCCC1)CC1(CBr)CC1. The monoisotopic (exact) mass is 273 g/mol. The van der Waals surface area contributed by atoms with Gasteiger partial charge in [-0.3, -0.25) is 0 Å². The van der Waals surface area contributed by atoms with Gasteiger partial charge in [0.05, 0.1) is 0 Å². The van der Waals surface area contributed by atoms with Crippen molar-refractivity contribution in [1.82, 2.24) is 4.90 Å². The molecule has 88 valence electrons. The number of halogens is 1. The lowest BCUT2D eigenvalue weighted by Crippen LogP contribution is -2.32. The van der Waals surface area contributed by atoms with Crippen molar-refractivity contribution in [2.75, 3.05) is 25.5 Å². The topological polar surface area (TPSA) is 3.24 Å². The Kier molecular flexibility index (Phi) is 4.11. The second-order valence-electron chi connectivity index (χ2n) is 5.83. The third-order valence-electron chi connectivity index (χ3n) is 4.14. The highest BCUT2D eigenvalue weighted by atomic mass is 79.9. The molecule has 0 aromatic heterocycles. The molecule has 0 radical (unpaired) electrons. The molecule has 2 fully saturated rings. The van der Waals surface area contributed by atoms with Crippen LogP contribution in [0.4, 0.5) is 0 Å². The molecule has 2 aliphatic rings. The molecule has 0 amide bonds. The fraction of sp³-hybridized carbons (Fsp3) is 1.00. The summed E-state index contributed by atoms with van der Waals surface area (Å²) in [5, 5.41) is 1.20. The Morgan fingerprint density at radius 3 is 2.40 bits per heavy atom. The van der Waals surface area contributed by atoms with Crippen LogP contribution in [0.2, 0.25) is 0 Å². The maximum absolute atomic E-state index is 3.66. The van der Waals surface area contributed by atoms with E-state index in [1.54, 1.807) is 0 Å².